The summed E-state index contributed by atoms with van der Waals surface area (Å²) in [5.41, 5.74) is 0.815. The van der Waals surface area contributed by atoms with Gasteiger partial charge in [0, 0.05) is 11.1 Å². The summed E-state index contributed by atoms with van der Waals surface area (Å²) in [5.74, 6) is -0.370. The van der Waals surface area contributed by atoms with E-state index in [2.05, 4.69) is 0 Å². The van der Waals surface area contributed by atoms with E-state index in [0.717, 1.165) is 0 Å². The molecule has 2 rings (SSSR count). The molecule has 76 valence electrons. The minimum absolute atomic E-state index is 0.370. The van der Waals surface area contributed by atoms with E-state index in [9.17, 15) is 9.18 Å². The Kier molecular flexibility index (Phi) is 2.84. The van der Waals surface area contributed by atoms with Crippen LogP contribution in [0.3, 0.4) is 0 Å². The predicted molar refractivity (Wildman–Crippen MR) is 60.1 cm³/mol. The summed E-state index contributed by atoms with van der Waals surface area (Å²) in [7, 11) is 0. The third-order valence-electron chi connectivity index (χ3n) is 1.99. The van der Waals surface area contributed by atoms with E-state index >= 15 is 0 Å². The van der Waals surface area contributed by atoms with Crippen molar-refractivity contribution in [2.45, 2.75) is 0 Å². The van der Waals surface area contributed by atoms with Gasteiger partial charge in [-0.25, -0.2) is 4.39 Å². The Balaban J connectivity index is 2.61. The first kappa shape index (κ1) is 10.3. The summed E-state index contributed by atoms with van der Waals surface area (Å²) in [6.45, 7) is 0. The molecule has 1 aromatic heterocycles. The number of carbonyl (C=O) groups excluding carboxylic acids is 1. The highest BCUT2D eigenvalue weighted by atomic mass is 35.5. The number of carbonyl (C=O) groups is 1. The van der Waals surface area contributed by atoms with Crippen molar-refractivity contribution < 1.29 is 9.18 Å². The zero-order valence-electron chi connectivity index (χ0n) is 7.54. The fourth-order valence-corrected chi connectivity index (χ4v) is 2.45. The summed E-state index contributed by atoms with van der Waals surface area (Å²) in [5, 5.41) is 2.28. The molecule has 0 aliphatic heterocycles. The zero-order valence-corrected chi connectivity index (χ0v) is 9.11. The van der Waals surface area contributed by atoms with Gasteiger partial charge >= 0.3 is 0 Å². The topological polar surface area (TPSA) is 17.1 Å². The first-order chi connectivity index (χ1) is 7.22. The highest BCUT2D eigenvalue weighted by molar-refractivity contribution is 7.14. The summed E-state index contributed by atoms with van der Waals surface area (Å²) in [4.78, 5) is 11.2. The fraction of sp³-hybridized carbons (Fsp3) is 0. The summed E-state index contributed by atoms with van der Waals surface area (Å²) >= 11 is 7.25. The SMILES string of the molecule is O=Cc1ccc(F)c(-c2sccc2Cl)c1. The molecule has 15 heavy (non-hydrogen) atoms. The number of hydrogen-bond donors (Lipinski definition) is 0. The van der Waals surface area contributed by atoms with Crippen LogP contribution >= 0.6 is 22.9 Å². The molecule has 0 saturated carbocycles. The van der Waals surface area contributed by atoms with Crippen molar-refractivity contribution in [2.24, 2.45) is 0 Å². The van der Waals surface area contributed by atoms with Crippen LogP contribution in [-0.2, 0) is 0 Å². The lowest BCUT2D eigenvalue weighted by molar-refractivity contribution is 0.112. The maximum Gasteiger partial charge on any atom is 0.150 e. The molecule has 0 radical (unpaired) electrons. The first-order valence-corrected chi connectivity index (χ1v) is 5.46. The van der Waals surface area contributed by atoms with Crippen molar-refractivity contribution in [3.05, 3.63) is 46.0 Å². The maximum absolute atomic E-state index is 13.5. The molecular weight excluding hydrogens is 235 g/mol. The van der Waals surface area contributed by atoms with Crippen molar-refractivity contribution in [1.29, 1.82) is 0 Å². The minimum Gasteiger partial charge on any atom is -0.298 e. The van der Waals surface area contributed by atoms with Crippen LogP contribution in [0.25, 0.3) is 10.4 Å². The van der Waals surface area contributed by atoms with Crippen LogP contribution in [0, 0.1) is 5.82 Å². The molecule has 0 aliphatic carbocycles. The fourth-order valence-electron chi connectivity index (χ4n) is 1.28. The Labute approximate surface area is 95.1 Å². The molecule has 0 saturated heterocycles. The van der Waals surface area contributed by atoms with Gasteiger partial charge in [0.05, 0.1) is 9.90 Å². The average molecular weight is 241 g/mol. The van der Waals surface area contributed by atoms with Gasteiger partial charge < -0.3 is 0 Å². The van der Waals surface area contributed by atoms with Crippen molar-refractivity contribution in [3.63, 3.8) is 0 Å². The molecule has 0 atom stereocenters. The van der Waals surface area contributed by atoms with Crippen molar-refractivity contribution in [1.82, 2.24) is 0 Å². The van der Waals surface area contributed by atoms with Crippen LogP contribution in [0.15, 0.2) is 29.6 Å². The highest BCUT2D eigenvalue weighted by Gasteiger charge is 2.10. The van der Waals surface area contributed by atoms with Crippen molar-refractivity contribution in [2.75, 3.05) is 0 Å². The van der Waals surface area contributed by atoms with E-state index in [4.69, 9.17) is 11.6 Å². The van der Waals surface area contributed by atoms with Crippen LogP contribution in [0.2, 0.25) is 5.02 Å². The molecule has 0 amide bonds. The Morgan fingerprint density at radius 3 is 2.73 bits per heavy atom. The predicted octanol–water partition coefficient (Wildman–Crippen LogP) is 4.02. The summed E-state index contributed by atoms with van der Waals surface area (Å²) < 4.78 is 13.5. The number of aldehydes is 1. The van der Waals surface area contributed by atoms with Gasteiger partial charge in [0.2, 0.25) is 0 Å². The lowest BCUT2D eigenvalue weighted by Crippen LogP contribution is -1.86. The third kappa shape index (κ3) is 1.94. The molecule has 0 N–H and O–H groups in total. The van der Waals surface area contributed by atoms with Gasteiger partial charge in [0.25, 0.3) is 0 Å². The molecule has 0 aliphatic rings. The van der Waals surface area contributed by atoms with Gasteiger partial charge in [-0.3, -0.25) is 4.79 Å². The Bertz CT molecular complexity index is 507. The molecule has 2 aromatic rings. The standard InChI is InChI=1S/C11H6ClFOS/c12-9-3-4-15-11(9)8-5-7(6-14)1-2-10(8)13/h1-6H. The maximum atomic E-state index is 13.5. The van der Waals surface area contributed by atoms with Crippen LogP contribution in [-0.4, -0.2) is 6.29 Å². The van der Waals surface area contributed by atoms with Crippen molar-refractivity contribution in [3.8, 4) is 10.4 Å². The van der Waals surface area contributed by atoms with Crippen LogP contribution in [0.5, 0.6) is 0 Å². The largest absolute Gasteiger partial charge is 0.298 e. The monoisotopic (exact) mass is 240 g/mol. The second-order valence-electron chi connectivity index (χ2n) is 2.95. The Morgan fingerprint density at radius 2 is 2.13 bits per heavy atom. The number of halogens is 2. The normalized spacial score (nSPS) is 10.3. The Morgan fingerprint density at radius 1 is 1.33 bits per heavy atom. The van der Waals surface area contributed by atoms with Crippen LogP contribution < -0.4 is 0 Å². The van der Waals surface area contributed by atoms with E-state index in [-0.39, 0.29) is 5.82 Å². The zero-order chi connectivity index (χ0) is 10.8. The summed E-state index contributed by atoms with van der Waals surface area (Å²) in [6, 6.07) is 5.91. The van der Waals surface area contributed by atoms with Gasteiger partial charge in [0.15, 0.2) is 0 Å². The van der Waals surface area contributed by atoms with Crippen molar-refractivity contribution >= 4 is 29.2 Å². The summed E-state index contributed by atoms with van der Waals surface area (Å²) in [6.07, 6.45) is 0.685. The molecule has 0 fully saturated rings. The molecule has 1 nitrogen and oxygen atoms in total. The molecular formula is C11H6ClFOS. The van der Waals surface area contributed by atoms with E-state index < -0.39 is 0 Å². The molecule has 4 heteroatoms. The quantitative estimate of drug-likeness (QED) is 0.725. The molecule has 0 spiro atoms. The average Bonchev–Trinajstić information content (AvgIpc) is 2.65. The van der Waals surface area contributed by atoms with Gasteiger partial charge in [-0.15, -0.1) is 11.3 Å². The minimum atomic E-state index is -0.370. The second kappa shape index (κ2) is 4.13. The molecule has 1 heterocycles. The molecule has 0 bridgehead atoms. The Hall–Kier alpha value is -1.19. The highest BCUT2D eigenvalue weighted by Crippen LogP contribution is 2.34. The van der Waals surface area contributed by atoms with Gasteiger partial charge in [-0.05, 0) is 29.6 Å². The number of benzene rings is 1. The van der Waals surface area contributed by atoms with Crippen LogP contribution in [0.4, 0.5) is 4.39 Å². The van der Waals surface area contributed by atoms with E-state index in [1.165, 1.54) is 29.5 Å². The molecule has 1 aromatic carbocycles. The van der Waals surface area contributed by atoms with Crippen LogP contribution in [0.1, 0.15) is 10.4 Å². The van der Waals surface area contributed by atoms with Gasteiger partial charge in [-0.2, -0.15) is 0 Å². The second-order valence-corrected chi connectivity index (χ2v) is 4.28. The number of thiophene rings is 1. The lowest BCUT2D eigenvalue weighted by atomic mass is 10.1. The van der Waals surface area contributed by atoms with E-state index in [0.29, 0.717) is 27.3 Å². The lowest BCUT2D eigenvalue weighted by Gasteiger charge is -2.01. The van der Waals surface area contributed by atoms with Gasteiger partial charge in [-0.1, -0.05) is 11.6 Å². The van der Waals surface area contributed by atoms with Gasteiger partial charge in [0.1, 0.15) is 12.1 Å². The van der Waals surface area contributed by atoms with E-state index in [1.54, 1.807) is 11.4 Å². The smallest absolute Gasteiger partial charge is 0.150 e. The van der Waals surface area contributed by atoms with E-state index in [1.807, 2.05) is 0 Å². The number of hydrogen-bond acceptors (Lipinski definition) is 2. The number of rotatable bonds is 2. The first-order valence-electron chi connectivity index (χ1n) is 4.20. The third-order valence-corrected chi connectivity index (χ3v) is 3.36. The molecule has 0 unspecified atom stereocenters.